The van der Waals surface area contributed by atoms with Crippen LogP contribution in [0.25, 0.3) is 10.8 Å². The van der Waals surface area contributed by atoms with Crippen LogP contribution in [0.3, 0.4) is 0 Å². The number of esters is 1. The maximum absolute atomic E-state index is 12.5. The predicted molar refractivity (Wildman–Crippen MR) is 147 cm³/mol. The molecule has 10 nitrogen and oxygen atoms in total. The first-order valence-electron chi connectivity index (χ1n) is 13.0. The van der Waals surface area contributed by atoms with Crippen LogP contribution >= 0.6 is 0 Å². The third kappa shape index (κ3) is 5.02. The Morgan fingerprint density at radius 2 is 1.97 bits per heavy atom. The highest BCUT2D eigenvalue weighted by atomic mass is 16.6. The number of pyridine rings is 2. The van der Waals surface area contributed by atoms with Crippen molar-refractivity contribution in [1.29, 1.82) is 0 Å². The highest BCUT2D eigenvalue weighted by Gasteiger charge is 2.40. The molecule has 206 valence electrons. The van der Waals surface area contributed by atoms with Crippen LogP contribution in [-0.4, -0.2) is 65.3 Å². The van der Waals surface area contributed by atoms with Crippen LogP contribution in [0, 0.1) is 0 Å². The van der Waals surface area contributed by atoms with Crippen LogP contribution in [0.15, 0.2) is 36.5 Å². The number of carbonyl (C=O) groups excluding carboxylic acids is 2. The summed E-state index contributed by atoms with van der Waals surface area (Å²) in [6.07, 6.45) is 1.67. The maximum Gasteiger partial charge on any atom is 0.340 e. The Labute approximate surface area is 227 Å². The van der Waals surface area contributed by atoms with Crippen molar-refractivity contribution in [3.05, 3.63) is 53.3 Å². The van der Waals surface area contributed by atoms with E-state index < -0.39 is 11.1 Å². The zero-order chi connectivity index (χ0) is 28.1. The van der Waals surface area contributed by atoms with Crippen molar-refractivity contribution in [2.75, 3.05) is 32.1 Å². The maximum atomic E-state index is 12.5. The lowest BCUT2D eigenvalue weighted by Crippen LogP contribution is -2.55. The predicted octanol–water partition coefficient (Wildman–Crippen LogP) is 3.86. The lowest BCUT2D eigenvalue weighted by Gasteiger charge is -2.38. The summed E-state index contributed by atoms with van der Waals surface area (Å²) in [5.41, 5.74) is 7.30. The fourth-order valence-electron chi connectivity index (χ4n) is 5.10. The molecule has 2 aromatic heterocycles. The zero-order valence-electron chi connectivity index (χ0n) is 23.2. The molecule has 10 heteroatoms. The van der Waals surface area contributed by atoms with E-state index >= 15 is 0 Å². The molecule has 0 spiro atoms. The van der Waals surface area contributed by atoms with Gasteiger partial charge in [-0.05, 0) is 56.0 Å². The number of benzene rings is 1. The quantitative estimate of drug-likeness (QED) is 0.435. The molecule has 0 radical (unpaired) electrons. The van der Waals surface area contributed by atoms with Crippen LogP contribution in [0.5, 0.6) is 5.75 Å². The van der Waals surface area contributed by atoms with Crippen molar-refractivity contribution in [2.45, 2.75) is 57.8 Å². The van der Waals surface area contributed by atoms with Gasteiger partial charge in [0, 0.05) is 31.5 Å². The van der Waals surface area contributed by atoms with Crippen LogP contribution < -0.4 is 15.8 Å². The minimum atomic E-state index is -0.766. The molecule has 4 heterocycles. The third-order valence-corrected chi connectivity index (χ3v) is 7.72. The van der Waals surface area contributed by atoms with Gasteiger partial charge in [-0.25, -0.2) is 14.8 Å². The smallest absolute Gasteiger partial charge is 0.340 e. The van der Waals surface area contributed by atoms with Gasteiger partial charge >= 0.3 is 5.97 Å². The molecule has 0 bridgehead atoms. The Balaban J connectivity index is 1.50. The average Bonchev–Trinajstić information content (AvgIpc) is 2.83. The summed E-state index contributed by atoms with van der Waals surface area (Å²) in [6.45, 7) is 10.7. The highest BCUT2D eigenvalue weighted by Crippen LogP contribution is 2.39. The molecule has 3 aromatic rings. The molecule has 0 saturated carbocycles. The average molecular weight is 534 g/mol. The summed E-state index contributed by atoms with van der Waals surface area (Å²) in [6, 6.07) is 9.25. The van der Waals surface area contributed by atoms with Crippen LogP contribution in [-0.2, 0) is 19.8 Å². The van der Waals surface area contributed by atoms with Gasteiger partial charge in [0.2, 0.25) is 5.91 Å². The number of fused-ring (bicyclic) bond motifs is 2. The first-order valence-corrected chi connectivity index (χ1v) is 13.0. The Morgan fingerprint density at radius 3 is 2.67 bits per heavy atom. The minimum absolute atomic E-state index is 0.0385. The molecule has 2 aliphatic heterocycles. The number of cyclic esters (lactones) is 1. The number of aromatic nitrogens is 2. The lowest BCUT2D eigenvalue weighted by atomic mass is 9.84. The largest absolute Gasteiger partial charge is 0.486 e. The summed E-state index contributed by atoms with van der Waals surface area (Å²) >= 11 is 0. The molecule has 1 saturated heterocycles. The van der Waals surface area contributed by atoms with Crippen LogP contribution in [0.2, 0.25) is 0 Å². The highest BCUT2D eigenvalue weighted by molar-refractivity contribution is 5.94. The Hall–Kier alpha value is -3.76. The second-order valence-electron chi connectivity index (χ2n) is 11.2. The molecule has 39 heavy (non-hydrogen) atoms. The number of hydrogen-bond donors (Lipinski definition) is 2. The molecule has 1 amide bonds. The van der Waals surface area contributed by atoms with Crippen LogP contribution in [0.4, 0.5) is 11.6 Å². The summed E-state index contributed by atoms with van der Waals surface area (Å²) in [5.74, 6) is 1.40. The number of methoxy groups -OCH3 is 1. The molecule has 1 aromatic carbocycles. The third-order valence-electron chi connectivity index (χ3n) is 7.72. The Morgan fingerprint density at radius 1 is 1.23 bits per heavy atom. The van der Waals surface area contributed by atoms with Gasteiger partial charge in [0.1, 0.15) is 29.1 Å². The van der Waals surface area contributed by atoms with Gasteiger partial charge in [0.15, 0.2) is 0 Å². The van der Waals surface area contributed by atoms with E-state index in [9.17, 15) is 9.59 Å². The number of anilines is 2. The van der Waals surface area contributed by atoms with E-state index in [2.05, 4.69) is 10.3 Å². The molecular formula is C29H35N5O5. The number of likely N-dealkylation sites (tertiary alicyclic amines) is 1. The number of hydrogen-bond acceptors (Lipinski definition) is 9. The van der Waals surface area contributed by atoms with Crippen molar-refractivity contribution < 1.29 is 23.8 Å². The van der Waals surface area contributed by atoms with E-state index in [0.717, 1.165) is 16.3 Å². The van der Waals surface area contributed by atoms with Gasteiger partial charge in [0.25, 0.3) is 0 Å². The molecule has 0 unspecified atom stereocenters. The number of carbonyl (C=O) groups is 2. The molecule has 2 atom stereocenters. The van der Waals surface area contributed by atoms with E-state index in [1.165, 1.54) is 0 Å². The van der Waals surface area contributed by atoms with E-state index in [4.69, 9.17) is 24.9 Å². The number of nitrogens with two attached hydrogens (primary N) is 1. The number of amides is 1. The van der Waals surface area contributed by atoms with Crippen molar-refractivity contribution in [3.8, 4) is 5.75 Å². The van der Waals surface area contributed by atoms with E-state index in [1.807, 2.05) is 45.9 Å². The fourth-order valence-corrected chi connectivity index (χ4v) is 5.10. The summed E-state index contributed by atoms with van der Waals surface area (Å²) in [4.78, 5) is 35.2. The molecule has 2 aliphatic rings. The summed E-state index contributed by atoms with van der Waals surface area (Å²) < 4.78 is 17.2. The first-order chi connectivity index (χ1) is 18.4. The van der Waals surface area contributed by atoms with Crippen molar-refractivity contribution in [3.63, 3.8) is 0 Å². The Kier molecular flexibility index (Phi) is 6.72. The van der Waals surface area contributed by atoms with E-state index in [1.54, 1.807) is 37.3 Å². The van der Waals surface area contributed by atoms with Gasteiger partial charge in [0.05, 0.1) is 36.5 Å². The SMILES string of the molecule is COC[C@@](C)(N)c1ccc(OC2CN(C(C)=O)C2)c2cnc(Nc3ccc4c(n3)[C@@H](C)C(C)(C)OC4=O)cc12. The molecule has 0 aliphatic carbocycles. The van der Waals surface area contributed by atoms with Gasteiger partial charge in [-0.2, -0.15) is 0 Å². The normalized spacial score (nSPS) is 20.0. The van der Waals surface area contributed by atoms with E-state index in [0.29, 0.717) is 48.3 Å². The topological polar surface area (TPSA) is 129 Å². The van der Waals surface area contributed by atoms with Gasteiger partial charge in [-0.3, -0.25) is 4.79 Å². The molecule has 3 N–H and O–H groups in total. The first kappa shape index (κ1) is 26.8. The number of nitrogens with one attached hydrogen (secondary N) is 1. The Bertz CT molecular complexity index is 1450. The second kappa shape index (κ2) is 9.77. The number of ether oxygens (including phenoxy) is 3. The summed E-state index contributed by atoms with van der Waals surface area (Å²) in [5, 5.41) is 4.96. The number of rotatable bonds is 7. The second-order valence-corrected chi connectivity index (χ2v) is 11.2. The van der Waals surface area contributed by atoms with Gasteiger partial charge < -0.3 is 30.2 Å². The van der Waals surface area contributed by atoms with E-state index in [-0.39, 0.29) is 23.9 Å². The van der Waals surface area contributed by atoms with Gasteiger partial charge in [-0.1, -0.05) is 13.0 Å². The fraction of sp³-hybridized carbons (Fsp3) is 0.448. The number of nitrogens with zero attached hydrogens (tertiary/aromatic N) is 3. The van der Waals surface area contributed by atoms with Crippen molar-refractivity contribution in [1.82, 2.24) is 14.9 Å². The van der Waals surface area contributed by atoms with Gasteiger partial charge in [-0.15, -0.1) is 0 Å². The monoisotopic (exact) mass is 533 g/mol. The standard InChI is InChI=1S/C29H35N5O5/c1-16-26-19(27(36)39-28(16,3)4)7-10-24(33-26)32-25-11-20-21(12-31-25)23(38-18-13-34(14-18)17(2)35)9-8-22(20)29(5,30)15-37-6/h7-12,16,18H,13-15,30H2,1-6H3,(H,31,32,33)/t16-,29-/m1/s1. The zero-order valence-corrected chi connectivity index (χ0v) is 23.2. The lowest BCUT2D eigenvalue weighted by molar-refractivity contribution is -0.137. The summed E-state index contributed by atoms with van der Waals surface area (Å²) in [7, 11) is 1.62. The molecule has 5 rings (SSSR count). The molecular weight excluding hydrogens is 498 g/mol. The van der Waals surface area contributed by atoms with Crippen molar-refractivity contribution >= 4 is 34.3 Å². The van der Waals surface area contributed by atoms with Crippen molar-refractivity contribution in [2.24, 2.45) is 5.73 Å². The molecule has 1 fully saturated rings. The minimum Gasteiger partial charge on any atom is -0.486 e. The van der Waals surface area contributed by atoms with Crippen LogP contribution in [0.1, 0.15) is 62.2 Å².